The molecular formula is C25H32N2O2. The number of amides is 1. The van der Waals surface area contributed by atoms with Crippen LogP contribution in [0.1, 0.15) is 37.7 Å². The number of carbonyl (C=O) groups excluding carboxylic acids is 1. The first kappa shape index (κ1) is 20.0. The fraction of sp³-hybridized carbons (Fsp3) is 0.480. The molecule has 1 aliphatic heterocycles. The first-order valence-corrected chi connectivity index (χ1v) is 11.1. The molecule has 1 amide bonds. The number of nitrogens with zero attached hydrogens (tertiary/aromatic N) is 1. The summed E-state index contributed by atoms with van der Waals surface area (Å²) in [5.41, 5.74) is 2.00. The van der Waals surface area contributed by atoms with Crippen LogP contribution in [0.4, 0.5) is 5.69 Å². The Morgan fingerprint density at radius 1 is 1.00 bits per heavy atom. The number of likely N-dealkylation sites (tertiary alicyclic amines) is 1. The van der Waals surface area contributed by atoms with Gasteiger partial charge in [-0.1, -0.05) is 36.8 Å². The average Bonchev–Trinajstić information content (AvgIpc) is 3.34. The van der Waals surface area contributed by atoms with Gasteiger partial charge < -0.3 is 15.0 Å². The molecule has 2 aliphatic rings. The van der Waals surface area contributed by atoms with Crippen molar-refractivity contribution in [2.24, 2.45) is 11.8 Å². The van der Waals surface area contributed by atoms with E-state index in [0.717, 1.165) is 49.3 Å². The lowest BCUT2D eigenvalue weighted by Crippen LogP contribution is -2.24. The molecule has 2 atom stereocenters. The maximum atomic E-state index is 12.1. The number of benzene rings is 2. The minimum absolute atomic E-state index is 0.0397. The second-order valence-electron chi connectivity index (χ2n) is 8.47. The molecule has 0 spiro atoms. The summed E-state index contributed by atoms with van der Waals surface area (Å²) < 4.78 is 5.89. The molecule has 0 radical (unpaired) electrons. The fourth-order valence-corrected chi connectivity index (χ4v) is 4.75. The molecule has 4 rings (SSSR count). The Bertz CT molecular complexity index is 763. The van der Waals surface area contributed by atoms with Gasteiger partial charge in [-0.2, -0.15) is 0 Å². The van der Waals surface area contributed by atoms with E-state index in [9.17, 15) is 4.79 Å². The van der Waals surface area contributed by atoms with E-state index in [1.54, 1.807) is 0 Å². The summed E-state index contributed by atoms with van der Waals surface area (Å²) in [4.78, 5) is 14.7. The van der Waals surface area contributed by atoms with E-state index in [1.807, 2.05) is 42.5 Å². The van der Waals surface area contributed by atoms with Crippen molar-refractivity contribution in [2.75, 3.05) is 31.6 Å². The first-order valence-electron chi connectivity index (χ1n) is 11.1. The van der Waals surface area contributed by atoms with Gasteiger partial charge in [0, 0.05) is 31.7 Å². The van der Waals surface area contributed by atoms with E-state index in [4.69, 9.17) is 4.74 Å². The molecule has 29 heavy (non-hydrogen) atoms. The second-order valence-corrected chi connectivity index (χ2v) is 8.47. The molecular weight excluding hydrogens is 360 g/mol. The van der Waals surface area contributed by atoms with Crippen LogP contribution in [-0.2, 0) is 11.2 Å². The van der Waals surface area contributed by atoms with Crippen molar-refractivity contribution < 1.29 is 9.53 Å². The number of carbonyl (C=O) groups is 1. The van der Waals surface area contributed by atoms with Crippen molar-refractivity contribution in [3.63, 3.8) is 0 Å². The number of aryl methyl sites for hydroxylation is 1. The lowest BCUT2D eigenvalue weighted by molar-refractivity contribution is -0.116. The molecule has 4 nitrogen and oxygen atoms in total. The molecule has 0 aromatic heterocycles. The van der Waals surface area contributed by atoms with Crippen molar-refractivity contribution in [1.29, 1.82) is 0 Å². The third-order valence-electron chi connectivity index (χ3n) is 6.31. The Hall–Kier alpha value is -2.33. The van der Waals surface area contributed by atoms with Gasteiger partial charge in [0.15, 0.2) is 0 Å². The van der Waals surface area contributed by atoms with Gasteiger partial charge in [0.1, 0.15) is 5.75 Å². The van der Waals surface area contributed by atoms with Crippen LogP contribution in [0, 0.1) is 11.8 Å². The number of fused-ring (bicyclic) bond motifs is 1. The van der Waals surface area contributed by atoms with Crippen LogP contribution in [0.25, 0.3) is 0 Å². The van der Waals surface area contributed by atoms with E-state index in [2.05, 4.69) is 22.3 Å². The van der Waals surface area contributed by atoms with Crippen molar-refractivity contribution >= 4 is 11.6 Å². The van der Waals surface area contributed by atoms with Crippen molar-refractivity contribution in [2.45, 2.75) is 38.5 Å². The van der Waals surface area contributed by atoms with Crippen LogP contribution in [0.15, 0.2) is 54.6 Å². The SMILES string of the molecule is O=C(CCc1ccccc1)Nc1ccc(OCCCN2CC3CCCC3C2)cc1. The van der Waals surface area contributed by atoms with E-state index in [-0.39, 0.29) is 5.91 Å². The normalized spacial score (nSPS) is 21.1. The highest BCUT2D eigenvalue weighted by atomic mass is 16.5. The van der Waals surface area contributed by atoms with Gasteiger partial charge in [0.25, 0.3) is 0 Å². The summed E-state index contributed by atoms with van der Waals surface area (Å²) in [5, 5.41) is 2.96. The fourth-order valence-electron chi connectivity index (χ4n) is 4.75. The standard InChI is InChI=1S/C25H32N2O2/c28-25(15-10-20-6-2-1-3-7-20)26-23-11-13-24(14-12-23)29-17-5-16-27-18-21-8-4-9-22(21)19-27/h1-3,6-7,11-14,21-22H,4-5,8-10,15-19H2,(H,26,28). The topological polar surface area (TPSA) is 41.6 Å². The zero-order valence-electron chi connectivity index (χ0n) is 17.2. The molecule has 2 unspecified atom stereocenters. The van der Waals surface area contributed by atoms with Gasteiger partial charge >= 0.3 is 0 Å². The second kappa shape index (κ2) is 9.93. The van der Waals surface area contributed by atoms with Gasteiger partial charge in [0.2, 0.25) is 5.91 Å². The summed E-state index contributed by atoms with van der Waals surface area (Å²) in [6.07, 6.45) is 6.62. The van der Waals surface area contributed by atoms with Gasteiger partial charge in [-0.15, -0.1) is 0 Å². The lowest BCUT2D eigenvalue weighted by Gasteiger charge is -2.16. The summed E-state index contributed by atoms with van der Waals surface area (Å²) in [6, 6.07) is 17.8. The number of hydrogen-bond donors (Lipinski definition) is 1. The molecule has 154 valence electrons. The highest BCUT2D eigenvalue weighted by Crippen LogP contribution is 2.37. The third-order valence-corrected chi connectivity index (χ3v) is 6.31. The Morgan fingerprint density at radius 2 is 1.72 bits per heavy atom. The van der Waals surface area contributed by atoms with Gasteiger partial charge in [-0.05, 0) is 67.3 Å². The van der Waals surface area contributed by atoms with Crippen LogP contribution in [-0.4, -0.2) is 37.0 Å². The number of nitrogens with one attached hydrogen (secondary N) is 1. The van der Waals surface area contributed by atoms with Gasteiger partial charge in [-0.3, -0.25) is 4.79 Å². The molecule has 1 saturated heterocycles. The molecule has 4 heteroatoms. The highest BCUT2D eigenvalue weighted by molar-refractivity contribution is 5.90. The van der Waals surface area contributed by atoms with Crippen LogP contribution >= 0.6 is 0 Å². The van der Waals surface area contributed by atoms with Gasteiger partial charge in [-0.25, -0.2) is 0 Å². The minimum Gasteiger partial charge on any atom is -0.494 e. The number of rotatable bonds is 9. The molecule has 2 fully saturated rings. The van der Waals surface area contributed by atoms with Crippen molar-refractivity contribution in [1.82, 2.24) is 4.90 Å². The van der Waals surface area contributed by atoms with Crippen molar-refractivity contribution in [3.8, 4) is 5.75 Å². The maximum Gasteiger partial charge on any atom is 0.224 e. The molecule has 0 bridgehead atoms. The summed E-state index contributed by atoms with van der Waals surface area (Å²) in [6.45, 7) is 4.48. The van der Waals surface area contributed by atoms with Crippen molar-refractivity contribution in [3.05, 3.63) is 60.2 Å². The smallest absolute Gasteiger partial charge is 0.224 e. The summed E-state index contributed by atoms with van der Waals surface area (Å²) in [7, 11) is 0. The van der Waals surface area contributed by atoms with E-state index in [0.29, 0.717) is 6.42 Å². The van der Waals surface area contributed by atoms with Gasteiger partial charge in [0.05, 0.1) is 6.61 Å². The highest BCUT2D eigenvalue weighted by Gasteiger charge is 2.35. The Labute approximate surface area is 174 Å². The molecule has 1 aliphatic carbocycles. The quantitative estimate of drug-likeness (QED) is 0.626. The van der Waals surface area contributed by atoms with Crippen LogP contribution in [0.3, 0.4) is 0 Å². The predicted octanol–water partition coefficient (Wildman–Crippen LogP) is 4.76. The number of ether oxygens (including phenoxy) is 1. The van der Waals surface area contributed by atoms with E-state index in [1.165, 1.54) is 37.9 Å². The molecule has 1 heterocycles. The van der Waals surface area contributed by atoms with Crippen LogP contribution in [0.2, 0.25) is 0 Å². The lowest BCUT2D eigenvalue weighted by atomic mass is 10.0. The number of anilines is 1. The molecule has 1 N–H and O–H groups in total. The average molecular weight is 393 g/mol. The summed E-state index contributed by atoms with van der Waals surface area (Å²) in [5.74, 6) is 2.83. The molecule has 1 saturated carbocycles. The minimum atomic E-state index is 0.0397. The Balaban J connectivity index is 1.12. The Kier molecular flexibility index (Phi) is 6.83. The molecule has 2 aromatic carbocycles. The summed E-state index contributed by atoms with van der Waals surface area (Å²) >= 11 is 0. The Morgan fingerprint density at radius 3 is 2.45 bits per heavy atom. The number of hydrogen-bond acceptors (Lipinski definition) is 3. The largest absolute Gasteiger partial charge is 0.494 e. The molecule has 2 aromatic rings. The van der Waals surface area contributed by atoms with E-state index >= 15 is 0 Å². The zero-order valence-corrected chi connectivity index (χ0v) is 17.2. The van der Waals surface area contributed by atoms with E-state index < -0.39 is 0 Å². The first-order chi connectivity index (χ1) is 14.3. The third kappa shape index (κ3) is 5.83. The zero-order chi connectivity index (χ0) is 19.9. The van der Waals surface area contributed by atoms with Crippen LogP contribution < -0.4 is 10.1 Å². The van der Waals surface area contributed by atoms with Crippen LogP contribution in [0.5, 0.6) is 5.75 Å². The maximum absolute atomic E-state index is 12.1. The monoisotopic (exact) mass is 392 g/mol. The predicted molar refractivity (Wildman–Crippen MR) is 117 cm³/mol.